The van der Waals surface area contributed by atoms with Gasteiger partial charge in [-0.15, -0.1) is 0 Å². The van der Waals surface area contributed by atoms with Crippen LogP contribution in [0.15, 0.2) is 140 Å². The molecule has 12 heteroatoms. The third-order valence-corrected chi connectivity index (χ3v) is 39.4. The maximum Gasteiger partial charge on any atom is 0.192 e. The van der Waals surface area contributed by atoms with Crippen LogP contribution in [0.3, 0.4) is 0 Å². The molecular weight excluding hydrogens is 1180 g/mol. The number of benzene rings is 4. The lowest BCUT2D eigenvalue weighted by atomic mass is 9.80. The summed E-state index contributed by atoms with van der Waals surface area (Å²) >= 11 is 0. The minimum absolute atomic E-state index is 0.000461. The standard InChI is InChI=1S/C78H130O8Si4/c1-58(45-52-70(84-88(22,23)75(10,11)12)63(6)73(62(5)56-79)81-57-64-47-50-68(80-19)51-48-64)54-61(4)72(86-90(26,27)77(16,17)18)60(3)46-49-69(83-87(20,21)74(7,8)9)55-71(85-89(24,25)76(13,14)15)59(2)38-37-53-82-78(65-39-31-28-32-40-65,66-41-33-29-34-42-66)67-43-35-30-36-44-67/h28-44,46-51,58-63,69-73,79H,45,52-57H2,1-27H3/b38-37+,49-46-/t58-,59+,60-,61-,62-,63-,69+,70+,71-,72-,73-/m0/s1. The number of aliphatic hydroxyl groups is 1. The highest BCUT2D eigenvalue weighted by Crippen LogP contribution is 2.46. The molecule has 0 amide bonds. The van der Waals surface area contributed by atoms with E-state index in [0.717, 1.165) is 53.7 Å². The van der Waals surface area contributed by atoms with Gasteiger partial charge in [0.25, 0.3) is 0 Å². The monoisotopic (exact) mass is 1310 g/mol. The molecule has 506 valence electrons. The first-order valence-corrected chi connectivity index (χ1v) is 45.9. The number of rotatable bonds is 35. The summed E-state index contributed by atoms with van der Waals surface area (Å²) in [6, 6.07) is 40.0. The number of hydrogen-bond acceptors (Lipinski definition) is 8. The summed E-state index contributed by atoms with van der Waals surface area (Å²) in [6.07, 6.45) is 12.5. The van der Waals surface area contributed by atoms with E-state index in [1.165, 1.54) is 0 Å². The van der Waals surface area contributed by atoms with Gasteiger partial charge in [0.1, 0.15) is 11.4 Å². The van der Waals surface area contributed by atoms with Gasteiger partial charge in [0, 0.05) is 24.9 Å². The first kappa shape index (κ1) is 79.2. The van der Waals surface area contributed by atoms with E-state index in [9.17, 15) is 5.11 Å². The predicted octanol–water partition coefficient (Wildman–Crippen LogP) is 21.6. The van der Waals surface area contributed by atoms with Crippen LogP contribution in [0.1, 0.15) is 173 Å². The van der Waals surface area contributed by atoms with Gasteiger partial charge >= 0.3 is 0 Å². The molecule has 0 unspecified atom stereocenters. The topological polar surface area (TPSA) is 84.8 Å². The van der Waals surface area contributed by atoms with Crippen molar-refractivity contribution in [3.05, 3.63) is 162 Å². The molecule has 4 aromatic carbocycles. The lowest BCUT2D eigenvalue weighted by Crippen LogP contribution is -2.48. The van der Waals surface area contributed by atoms with E-state index in [0.29, 0.717) is 19.1 Å². The SMILES string of the molecule is COc1ccc(CO[C@H]([C@@H](C)[C@@H](CC[C@H](C)C[C@H](C)[C@@H](O[Si](C)(C)C(C)(C)C)[C@@H](C)/C=C\[C@H](C[C@H](O[Si](C)(C)C(C)(C)C)[C@H](C)/C=C/COC(c2ccccc2)(c2ccccc2)c2ccccc2)O[Si](C)(C)C(C)(C)C)O[Si](C)(C)C(C)(C)C)[C@@H](C)CO)cc1. The van der Waals surface area contributed by atoms with Gasteiger partial charge in [-0.25, -0.2) is 0 Å². The molecule has 0 heterocycles. The van der Waals surface area contributed by atoms with E-state index in [1.54, 1.807) is 7.11 Å². The van der Waals surface area contributed by atoms with Crippen LogP contribution in [-0.4, -0.2) is 89.2 Å². The Hall–Kier alpha value is -3.25. The molecule has 0 aliphatic rings. The van der Waals surface area contributed by atoms with Crippen LogP contribution >= 0.6 is 0 Å². The zero-order valence-corrected chi connectivity index (χ0v) is 65.9. The molecule has 4 aromatic rings. The summed E-state index contributed by atoms with van der Waals surface area (Å²) < 4.78 is 49.8. The van der Waals surface area contributed by atoms with Gasteiger partial charge in [0.05, 0.1) is 50.8 Å². The Bertz CT molecular complexity index is 2640. The lowest BCUT2D eigenvalue weighted by Gasteiger charge is -2.44. The van der Waals surface area contributed by atoms with Crippen molar-refractivity contribution in [2.45, 2.75) is 266 Å². The van der Waals surface area contributed by atoms with Crippen LogP contribution in [0.25, 0.3) is 0 Å². The van der Waals surface area contributed by atoms with Crippen LogP contribution in [0.2, 0.25) is 72.5 Å². The van der Waals surface area contributed by atoms with E-state index in [1.807, 2.05) is 12.1 Å². The molecule has 90 heavy (non-hydrogen) atoms. The van der Waals surface area contributed by atoms with Gasteiger partial charge in [-0.05, 0) is 150 Å². The Morgan fingerprint density at radius 2 is 0.889 bits per heavy atom. The zero-order valence-electron chi connectivity index (χ0n) is 61.9. The molecule has 0 fully saturated rings. The number of ether oxygens (including phenoxy) is 3. The second-order valence-electron chi connectivity index (χ2n) is 33.0. The molecule has 0 saturated heterocycles. The highest BCUT2D eigenvalue weighted by molar-refractivity contribution is 6.75. The molecule has 0 aromatic heterocycles. The van der Waals surface area contributed by atoms with Crippen molar-refractivity contribution in [3.8, 4) is 5.75 Å². The van der Waals surface area contributed by atoms with Crippen molar-refractivity contribution in [3.63, 3.8) is 0 Å². The molecule has 8 nitrogen and oxygen atoms in total. The molecule has 4 rings (SSSR count). The highest BCUT2D eigenvalue weighted by atomic mass is 28.4. The fourth-order valence-electron chi connectivity index (χ4n) is 11.3. The molecule has 0 saturated carbocycles. The lowest BCUT2D eigenvalue weighted by molar-refractivity contribution is -0.0737. The average molecular weight is 1310 g/mol. The first-order chi connectivity index (χ1) is 41.5. The van der Waals surface area contributed by atoms with E-state index in [4.69, 9.17) is 31.9 Å². The van der Waals surface area contributed by atoms with Gasteiger partial charge in [-0.2, -0.15) is 0 Å². The van der Waals surface area contributed by atoms with Crippen LogP contribution < -0.4 is 4.74 Å². The van der Waals surface area contributed by atoms with Crippen LogP contribution in [0.5, 0.6) is 5.75 Å². The third-order valence-electron chi connectivity index (χ3n) is 21.4. The molecule has 0 aliphatic carbocycles. The van der Waals surface area contributed by atoms with E-state index >= 15 is 0 Å². The number of methoxy groups -OCH3 is 1. The highest BCUT2D eigenvalue weighted by Gasteiger charge is 2.46. The van der Waals surface area contributed by atoms with Crippen molar-refractivity contribution < 1.29 is 37.0 Å². The average Bonchev–Trinajstić information content (AvgIpc) is 0.816. The van der Waals surface area contributed by atoms with Gasteiger partial charge in [0.15, 0.2) is 33.3 Å². The van der Waals surface area contributed by atoms with Gasteiger partial charge in [-0.3, -0.25) is 0 Å². The van der Waals surface area contributed by atoms with Crippen LogP contribution in [0, 0.1) is 35.5 Å². The Balaban J connectivity index is 1.72. The molecule has 1 N–H and O–H groups in total. The normalized spacial score (nSPS) is 17.6. The van der Waals surface area contributed by atoms with Gasteiger partial charge in [0.2, 0.25) is 0 Å². The molecule has 0 spiro atoms. The second-order valence-corrected chi connectivity index (χ2v) is 52.0. The largest absolute Gasteiger partial charge is 0.497 e. The Morgan fingerprint density at radius 3 is 1.32 bits per heavy atom. The van der Waals surface area contributed by atoms with Crippen molar-refractivity contribution in [1.82, 2.24) is 0 Å². The van der Waals surface area contributed by atoms with Crippen molar-refractivity contribution in [1.29, 1.82) is 0 Å². The molecule has 0 aliphatic heterocycles. The van der Waals surface area contributed by atoms with E-state index < -0.39 is 38.9 Å². The summed E-state index contributed by atoms with van der Waals surface area (Å²) in [5.74, 6) is 1.65. The Kier molecular flexibility index (Phi) is 29.4. The fourth-order valence-corrected chi connectivity index (χ4v) is 16.9. The predicted molar refractivity (Wildman–Crippen MR) is 394 cm³/mol. The molecule has 11 atom stereocenters. The third kappa shape index (κ3) is 22.2. The summed E-state index contributed by atoms with van der Waals surface area (Å²) in [4.78, 5) is 0. The summed E-state index contributed by atoms with van der Waals surface area (Å²) in [7, 11) is -7.35. The zero-order chi connectivity index (χ0) is 67.9. The van der Waals surface area contributed by atoms with Crippen molar-refractivity contribution in [2.24, 2.45) is 35.5 Å². The molecular formula is C78H130O8Si4. The van der Waals surface area contributed by atoms with Crippen molar-refractivity contribution in [2.75, 3.05) is 20.3 Å². The number of hydrogen-bond donors (Lipinski definition) is 1. The van der Waals surface area contributed by atoms with Crippen LogP contribution in [0.4, 0.5) is 0 Å². The first-order valence-electron chi connectivity index (χ1n) is 34.3. The molecule has 0 bridgehead atoms. The van der Waals surface area contributed by atoms with Gasteiger partial charge < -0.3 is 37.0 Å². The summed E-state index contributed by atoms with van der Waals surface area (Å²) in [5.41, 5.74) is 3.52. The van der Waals surface area contributed by atoms with Gasteiger partial charge in [-0.1, -0.05) is 252 Å². The second kappa shape index (κ2) is 33.4. The maximum absolute atomic E-state index is 10.7. The maximum atomic E-state index is 10.7. The smallest absolute Gasteiger partial charge is 0.192 e. The molecule has 0 radical (unpaired) electrons. The number of aliphatic hydroxyl groups excluding tert-OH is 1. The summed E-state index contributed by atoms with van der Waals surface area (Å²) in [6.45, 7) is 62.1. The minimum Gasteiger partial charge on any atom is -0.497 e. The quantitative estimate of drug-likeness (QED) is 0.0277. The Labute approximate surface area is 556 Å². The fraction of sp³-hybridized carbons (Fsp3) is 0.641. The van der Waals surface area contributed by atoms with Crippen LogP contribution in [-0.2, 0) is 39.4 Å². The van der Waals surface area contributed by atoms with E-state index in [-0.39, 0.29) is 86.9 Å². The van der Waals surface area contributed by atoms with Crippen molar-refractivity contribution >= 4 is 33.3 Å². The summed E-state index contributed by atoms with van der Waals surface area (Å²) in [5, 5.41) is 10.7. The van der Waals surface area contributed by atoms with E-state index in [2.05, 4.69) is 304 Å². The Morgan fingerprint density at radius 1 is 0.456 bits per heavy atom. The minimum atomic E-state index is -2.30.